The number of thiophene rings is 1. The van der Waals surface area contributed by atoms with Gasteiger partial charge >= 0.3 is 5.97 Å². The number of carboxylic acids is 1. The number of carboxylic acid groups (broad SMARTS) is 1. The molecule has 7 nitrogen and oxygen atoms in total. The molecule has 2 atom stereocenters. The Morgan fingerprint density at radius 1 is 1.26 bits per heavy atom. The Morgan fingerprint density at radius 3 is 2.77 bits per heavy atom. The molecule has 190 valence electrons. The number of likely N-dealkylation sites (N-methyl/N-ethyl adjacent to an activating group) is 2. The lowest BCUT2D eigenvalue weighted by atomic mass is 10.1. The zero-order valence-electron chi connectivity index (χ0n) is 21.1. The van der Waals surface area contributed by atoms with Gasteiger partial charge < -0.3 is 19.6 Å². The first kappa shape index (κ1) is 26.9. The number of anilines is 1. The van der Waals surface area contributed by atoms with E-state index < -0.39 is 5.97 Å². The zero-order chi connectivity index (χ0) is 25.4. The van der Waals surface area contributed by atoms with Gasteiger partial charge in [0.25, 0.3) is 0 Å². The molecule has 1 aromatic carbocycles. The van der Waals surface area contributed by atoms with E-state index in [1.807, 2.05) is 19.0 Å². The Hall–Kier alpha value is -2.68. The number of ether oxygens (including phenoxy) is 1. The maximum Gasteiger partial charge on any atom is 0.305 e. The molecule has 2 unspecified atom stereocenters. The fraction of sp³-hybridized carbons (Fsp3) is 0.481. The van der Waals surface area contributed by atoms with Crippen LogP contribution in [0, 0.1) is 0 Å². The molecular formula is C27H37N3O4S. The molecule has 1 aromatic heterocycles. The molecule has 0 saturated carbocycles. The van der Waals surface area contributed by atoms with E-state index >= 15 is 0 Å². The fourth-order valence-electron chi connectivity index (χ4n) is 4.18. The van der Waals surface area contributed by atoms with Crippen molar-refractivity contribution in [2.75, 3.05) is 38.8 Å². The second kappa shape index (κ2) is 12.9. The smallest absolute Gasteiger partial charge is 0.305 e. The third-order valence-electron chi connectivity index (χ3n) is 6.13. The Balaban J connectivity index is 1.64. The van der Waals surface area contributed by atoms with Crippen LogP contribution in [0.25, 0.3) is 10.1 Å². The molecule has 0 bridgehead atoms. The van der Waals surface area contributed by atoms with Crippen molar-refractivity contribution < 1.29 is 19.4 Å². The van der Waals surface area contributed by atoms with Crippen molar-refractivity contribution in [3.05, 3.63) is 52.9 Å². The molecule has 2 aromatic rings. The first-order valence-electron chi connectivity index (χ1n) is 12.3. The van der Waals surface area contributed by atoms with Crippen LogP contribution in [-0.2, 0) is 20.7 Å². The number of aliphatic carboxylic acids is 1. The van der Waals surface area contributed by atoms with Gasteiger partial charge in [-0.15, -0.1) is 11.3 Å². The lowest BCUT2D eigenvalue weighted by molar-refractivity contribution is -0.138. The molecule has 2 heterocycles. The molecule has 1 aliphatic heterocycles. The highest BCUT2D eigenvalue weighted by Gasteiger charge is 2.37. The largest absolute Gasteiger partial charge is 0.481 e. The van der Waals surface area contributed by atoms with Gasteiger partial charge in [0.05, 0.1) is 25.7 Å². The molecule has 35 heavy (non-hydrogen) atoms. The maximum absolute atomic E-state index is 13.0. The van der Waals surface area contributed by atoms with E-state index in [9.17, 15) is 9.59 Å². The second-order valence-electron chi connectivity index (χ2n) is 8.81. The third-order valence-corrected chi connectivity index (χ3v) is 7.25. The lowest BCUT2D eigenvalue weighted by Gasteiger charge is -2.20. The van der Waals surface area contributed by atoms with E-state index in [2.05, 4.69) is 66.6 Å². The van der Waals surface area contributed by atoms with Crippen molar-refractivity contribution in [1.29, 1.82) is 0 Å². The highest BCUT2D eigenvalue weighted by molar-refractivity contribution is 7.19. The monoisotopic (exact) mass is 499 g/mol. The summed E-state index contributed by atoms with van der Waals surface area (Å²) in [7, 11) is 3.88. The molecule has 0 radical (unpaired) electrons. The molecule has 1 aliphatic rings. The van der Waals surface area contributed by atoms with Crippen LogP contribution in [-0.4, -0.2) is 67.9 Å². The number of benzene rings is 1. The van der Waals surface area contributed by atoms with E-state index in [1.54, 1.807) is 11.3 Å². The van der Waals surface area contributed by atoms with Crippen LogP contribution in [0.15, 0.2) is 48.1 Å². The van der Waals surface area contributed by atoms with Crippen molar-refractivity contribution >= 4 is 39.0 Å². The normalized spacial score (nSPS) is 18.8. The topological polar surface area (TPSA) is 82.1 Å². The lowest BCUT2D eigenvalue weighted by Crippen LogP contribution is -2.36. The van der Waals surface area contributed by atoms with Crippen molar-refractivity contribution in [3.8, 4) is 0 Å². The minimum Gasteiger partial charge on any atom is -0.481 e. The number of nitrogens with zero attached hydrogens (tertiary/aromatic N) is 2. The standard InChI is InChI=1S/C27H37N3O4S/c1-5-7-9-19(8-6-2)26-28-23(27(33)30(26)4)18-22-16-20-10-11-21(17-24(20)35-22)29(3)13-15-34-14-12-25(31)32/h7-11,16-17,23,26,28H,5-6,12-15,18H2,1-4H3,(H,31,32)/b9-7-,19-8+. The van der Waals surface area contributed by atoms with Gasteiger partial charge in [-0.1, -0.05) is 38.1 Å². The highest BCUT2D eigenvalue weighted by Crippen LogP contribution is 2.31. The quantitative estimate of drug-likeness (QED) is 0.313. The average Bonchev–Trinajstić information content (AvgIpc) is 3.36. The number of nitrogens with one attached hydrogen (secondary N) is 1. The van der Waals surface area contributed by atoms with E-state index in [4.69, 9.17) is 9.84 Å². The number of allylic oxidation sites excluding steroid dienone is 2. The van der Waals surface area contributed by atoms with Gasteiger partial charge in [0, 0.05) is 42.3 Å². The van der Waals surface area contributed by atoms with Crippen molar-refractivity contribution in [2.45, 2.75) is 51.7 Å². The molecule has 1 fully saturated rings. The van der Waals surface area contributed by atoms with Gasteiger partial charge in [-0.2, -0.15) is 0 Å². The van der Waals surface area contributed by atoms with Gasteiger partial charge in [0.1, 0.15) is 6.17 Å². The summed E-state index contributed by atoms with van der Waals surface area (Å²) < 4.78 is 6.60. The first-order valence-corrected chi connectivity index (χ1v) is 13.1. The van der Waals surface area contributed by atoms with Crippen LogP contribution in [0.1, 0.15) is 38.0 Å². The molecular weight excluding hydrogens is 462 g/mol. The van der Waals surface area contributed by atoms with Crippen LogP contribution in [0.5, 0.6) is 0 Å². The Bertz CT molecular complexity index is 1080. The number of fused-ring (bicyclic) bond motifs is 1. The average molecular weight is 500 g/mol. The van der Waals surface area contributed by atoms with Gasteiger partial charge in [-0.3, -0.25) is 14.9 Å². The summed E-state index contributed by atoms with van der Waals surface area (Å²) in [4.78, 5) is 28.7. The summed E-state index contributed by atoms with van der Waals surface area (Å²) >= 11 is 1.73. The Kier molecular flexibility index (Phi) is 9.89. The van der Waals surface area contributed by atoms with Gasteiger partial charge in [0.2, 0.25) is 5.91 Å². The molecule has 0 aliphatic carbocycles. The predicted octanol–water partition coefficient (Wildman–Crippen LogP) is 4.43. The first-order chi connectivity index (χ1) is 16.8. The van der Waals surface area contributed by atoms with Crippen LogP contribution >= 0.6 is 11.3 Å². The second-order valence-corrected chi connectivity index (χ2v) is 9.98. The fourth-order valence-corrected chi connectivity index (χ4v) is 5.32. The van der Waals surface area contributed by atoms with Crippen molar-refractivity contribution in [2.24, 2.45) is 0 Å². The van der Waals surface area contributed by atoms with Crippen LogP contribution in [0.2, 0.25) is 0 Å². The minimum atomic E-state index is -0.847. The molecule has 0 spiro atoms. The minimum absolute atomic E-state index is 0.0220. The van der Waals surface area contributed by atoms with E-state index in [0.717, 1.165) is 24.1 Å². The summed E-state index contributed by atoms with van der Waals surface area (Å²) in [5, 5.41) is 13.4. The highest BCUT2D eigenvalue weighted by atomic mass is 32.1. The molecule has 1 saturated heterocycles. The molecule has 2 N–H and O–H groups in total. The summed E-state index contributed by atoms with van der Waals surface area (Å²) in [5.41, 5.74) is 2.23. The summed E-state index contributed by atoms with van der Waals surface area (Å²) in [5.74, 6) is -0.720. The van der Waals surface area contributed by atoms with E-state index in [0.29, 0.717) is 19.6 Å². The summed E-state index contributed by atoms with van der Waals surface area (Å²) in [6, 6.07) is 8.31. The van der Waals surface area contributed by atoms with Crippen molar-refractivity contribution in [1.82, 2.24) is 10.2 Å². The van der Waals surface area contributed by atoms with Gasteiger partial charge in [-0.25, -0.2) is 0 Å². The maximum atomic E-state index is 13.0. The van der Waals surface area contributed by atoms with Gasteiger partial charge in [-0.05, 0) is 42.0 Å². The summed E-state index contributed by atoms with van der Waals surface area (Å²) in [6.07, 6.45) is 8.93. The molecule has 8 heteroatoms. The zero-order valence-corrected chi connectivity index (χ0v) is 21.9. The number of carbonyl (C=O) groups excluding carboxylic acids is 1. The van der Waals surface area contributed by atoms with E-state index in [1.165, 1.54) is 15.0 Å². The van der Waals surface area contributed by atoms with Crippen molar-refractivity contribution in [3.63, 3.8) is 0 Å². The van der Waals surface area contributed by atoms with Crippen LogP contribution < -0.4 is 10.2 Å². The number of amides is 1. The Labute approximate surface area is 212 Å². The number of rotatable bonds is 13. The Morgan fingerprint density at radius 2 is 2.06 bits per heavy atom. The third kappa shape index (κ3) is 7.16. The SMILES string of the molecule is CC/C=C\C(=C/CC)C1NC(Cc2cc3ccc(N(C)CCOCCC(=O)O)cc3s2)C(=O)N1C. The number of hydrogen-bond acceptors (Lipinski definition) is 6. The van der Waals surface area contributed by atoms with Gasteiger partial charge in [0.15, 0.2) is 0 Å². The van der Waals surface area contributed by atoms with E-state index in [-0.39, 0.29) is 31.1 Å². The van der Waals surface area contributed by atoms with Crippen LogP contribution in [0.3, 0.4) is 0 Å². The number of hydrogen-bond donors (Lipinski definition) is 2. The van der Waals surface area contributed by atoms with Crippen LogP contribution in [0.4, 0.5) is 5.69 Å². The predicted molar refractivity (Wildman–Crippen MR) is 143 cm³/mol. The number of carbonyl (C=O) groups is 2. The summed E-state index contributed by atoms with van der Waals surface area (Å²) in [6.45, 7) is 5.61. The molecule has 3 rings (SSSR count). The molecule has 1 amide bonds.